The van der Waals surface area contributed by atoms with E-state index in [2.05, 4.69) is 31.4 Å². The van der Waals surface area contributed by atoms with Crippen LogP contribution in [0, 0.1) is 0 Å². The average molecular weight is 354 g/mol. The number of nitrogens with one attached hydrogen (secondary N) is 1. The minimum absolute atomic E-state index is 0.202. The highest BCUT2D eigenvalue weighted by molar-refractivity contribution is 9.10. The lowest BCUT2D eigenvalue weighted by Gasteiger charge is -2.05. The number of hydrogen-bond donors (Lipinski definition) is 1. The summed E-state index contributed by atoms with van der Waals surface area (Å²) in [5.74, 6) is 1.04. The van der Waals surface area contributed by atoms with E-state index < -0.39 is 0 Å². The number of carbonyl (C=O) groups is 1. The average Bonchev–Trinajstić information content (AvgIpc) is 3.19. The predicted octanol–water partition coefficient (Wildman–Crippen LogP) is 3.44. The highest BCUT2D eigenvalue weighted by atomic mass is 79.9. The van der Waals surface area contributed by atoms with E-state index in [1.54, 1.807) is 25.3 Å². The molecule has 0 unspecified atom stereocenters. The first-order chi connectivity index (χ1) is 9.67. The van der Waals surface area contributed by atoms with Gasteiger partial charge in [0.05, 0.1) is 11.6 Å². The molecule has 3 rings (SSSR count). The van der Waals surface area contributed by atoms with Crippen LogP contribution in [0.1, 0.15) is 34.1 Å². The first kappa shape index (κ1) is 13.5. The smallest absolute Gasteiger partial charge is 0.257 e. The van der Waals surface area contributed by atoms with E-state index in [-0.39, 0.29) is 5.91 Å². The minimum atomic E-state index is -0.202. The van der Waals surface area contributed by atoms with Crippen LogP contribution in [-0.2, 0) is 0 Å². The molecule has 20 heavy (non-hydrogen) atoms. The number of methoxy groups -OCH3 is 1. The molecule has 1 amide bonds. The number of benzene rings is 1. The van der Waals surface area contributed by atoms with Crippen LogP contribution in [0.15, 0.2) is 22.7 Å². The number of anilines is 1. The van der Waals surface area contributed by atoms with Crippen molar-refractivity contribution < 1.29 is 9.53 Å². The lowest BCUT2D eigenvalue weighted by molar-refractivity contribution is 0.102. The fraction of sp³-hybridized carbons (Fsp3) is 0.308. The SMILES string of the molecule is COc1ccc(C(=O)Nc2nnc(C3CC3)s2)cc1Br. The summed E-state index contributed by atoms with van der Waals surface area (Å²) in [6.45, 7) is 0. The molecule has 1 N–H and O–H groups in total. The number of halogens is 1. The number of amides is 1. The molecule has 7 heteroatoms. The van der Waals surface area contributed by atoms with Crippen LogP contribution in [-0.4, -0.2) is 23.2 Å². The van der Waals surface area contributed by atoms with Gasteiger partial charge in [0.1, 0.15) is 10.8 Å². The van der Waals surface area contributed by atoms with Gasteiger partial charge >= 0.3 is 0 Å². The summed E-state index contributed by atoms with van der Waals surface area (Å²) in [7, 11) is 1.58. The predicted molar refractivity (Wildman–Crippen MR) is 80.5 cm³/mol. The van der Waals surface area contributed by atoms with E-state index in [0.29, 0.717) is 22.4 Å². The van der Waals surface area contributed by atoms with Crippen LogP contribution in [0.4, 0.5) is 5.13 Å². The van der Waals surface area contributed by atoms with Gasteiger partial charge in [-0.05, 0) is 47.0 Å². The molecule has 1 aromatic heterocycles. The van der Waals surface area contributed by atoms with Gasteiger partial charge < -0.3 is 4.74 Å². The minimum Gasteiger partial charge on any atom is -0.496 e. The van der Waals surface area contributed by atoms with E-state index in [9.17, 15) is 4.79 Å². The van der Waals surface area contributed by atoms with Crippen molar-refractivity contribution >= 4 is 38.3 Å². The molecule has 0 bridgehead atoms. The highest BCUT2D eigenvalue weighted by Crippen LogP contribution is 2.42. The zero-order chi connectivity index (χ0) is 14.1. The molecule has 1 aliphatic rings. The molecular formula is C13H12BrN3O2S. The Balaban J connectivity index is 1.72. The van der Waals surface area contributed by atoms with Gasteiger partial charge in [0.25, 0.3) is 5.91 Å². The zero-order valence-electron chi connectivity index (χ0n) is 10.7. The quantitative estimate of drug-likeness (QED) is 0.914. The zero-order valence-corrected chi connectivity index (χ0v) is 13.1. The van der Waals surface area contributed by atoms with Gasteiger partial charge in [-0.2, -0.15) is 0 Å². The first-order valence-electron chi connectivity index (χ1n) is 6.15. The number of carbonyl (C=O) groups excluding carboxylic acids is 1. The molecule has 1 aliphatic carbocycles. The van der Waals surface area contributed by atoms with Crippen LogP contribution in [0.3, 0.4) is 0 Å². The third-order valence-electron chi connectivity index (χ3n) is 3.00. The topological polar surface area (TPSA) is 64.1 Å². The summed E-state index contributed by atoms with van der Waals surface area (Å²) in [5, 5.41) is 12.4. The molecule has 0 aliphatic heterocycles. The van der Waals surface area contributed by atoms with Crippen molar-refractivity contribution in [1.29, 1.82) is 0 Å². The molecule has 0 spiro atoms. The normalized spacial score (nSPS) is 14.1. The van der Waals surface area contributed by atoms with Crippen molar-refractivity contribution in [3.63, 3.8) is 0 Å². The largest absolute Gasteiger partial charge is 0.496 e. The second-order valence-electron chi connectivity index (χ2n) is 4.52. The van der Waals surface area contributed by atoms with E-state index in [0.717, 1.165) is 9.48 Å². The van der Waals surface area contributed by atoms with Gasteiger partial charge in [0, 0.05) is 11.5 Å². The Morgan fingerprint density at radius 2 is 2.25 bits per heavy atom. The number of hydrogen-bond acceptors (Lipinski definition) is 5. The Labute approximate surface area is 128 Å². The standard InChI is InChI=1S/C13H12BrN3O2S/c1-19-10-5-4-8(6-9(10)14)11(18)15-13-17-16-12(20-13)7-2-3-7/h4-7H,2-3H2,1H3,(H,15,17,18). The molecule has 104 valence electrons. The van der Waals surface area contributed by atoms with Crippen molar-refractivity contribution in [2.45, 2.75) is 18.8 Å². The second kappa shape index (κ2) is 5.49. The third-order valence-corrected chi connectivity index (χ3v) is 4.62. The van der Waals surface area contributed by atoms with Crippen LogP contribution in [0.2, 0.25) is 0 Å². The lowest BCUT2D eigenvalue weighted by atomic mass is 10.2. The molecule has 5 nitrogen and oxygen atoms in total. The molecule has 1 aromatic carbocycles. The maximum atomic E-state index is 12.1. The summed E-state index contributed by atoms with van der Waals surface area (Å²) >= 11 is 4.81. The van der Waals surface area contributed by atoms with Crippen molar-refractivity contribution in [2.24, 2.45) is 0 Å². The third kappa shape index (κ3) is 2.83. The van der Waals surface area contributed by atoms with Crippen molar-refractivity contribution in [2.75, 3.05) is 12.4 Å². The fourth-order valence-electron chi connectivity index (χ4n) is 1.76. The lowest BCUT2D eigenvalue weighted by Crippen LogP contribution is -2.11. The molecule has 1 saturated carbocycles. The van der Waals surface area contributed by atoms with E-state index in [4.69, 9.17) is 4.74 Å². The van der Waals surface area contributed by atoms with Gasteiger partial charge in [-0.1, -0.05) is 11.3 Å². The summed E-state index contributed by atoms with van der Waals surface area (Å²) < 4.78 is 5.88. The Morgan fingerprint density at radius 1 is 1.45 bits per heavy atom. The van der Waals surface area contributed by atoms with Crippen LogP contribution in [0.25, 0.3) is 0 Å². The van der Waals surface area contributed by atoms with Crippen LogP contribution >= 0.6 is 27.3 Å². The Hall–Kier alpha value is -1.47. The van der Waals surface area contributed by atoms with Crippen molar-refractivity contribution in [3.05, 3.63) is 33.2 Å². The van der Waals surface area contributed by atoms with Crippen LogP contribution in [0.5, 0.6) is 5.75 Å². The Morgan fingerprint density at radius 3 is 2.90 bits per heavy atom. The molecule has 1 fully saturated rings. The molecule has 0 saturated heterocycles. The molecular weight excluding hydrogens is 342 g/mol. The molecule has 0 atom stereocenters. The Bertz CT molecular complexity index is 655. The monoisotopic (exact) mass is 353 g/mol. The van der Waals surface area contributed by atoms with E-state index in [1.165, 1.54) is 24.2 Å². The summed E-state index contributed by atoms with van der Waals surface area (Å²) in [6.07, 6.45) is 2.35. The molecule has 1 heterocycles. The summed E-state index contributed by atoms with van der Waals surface area (Å²) in [5.41, 5.74) is 0.542. The number of aromatic nitrogens is 2. The van der Waals surface area contributed by atoms with E-state index in [1.807, 2.05) is 0 Å². The molecule has 0 radical (unpaired) electrons. The number of rotatable bonds is 4. The highest BCUT2D eigenvalue weighted by Gasteiger charge is 2.27. The fourth-order valence-corrected chi connectivity index (χ4v) is 3.21. The number of nitrogens with zero attached hydrogens (tertiary/aromatic N) is 2. The van der Waals surface area contributed by atoms with Gasteiger partial charge in [0.15, 0.2) is 0 Å². The molecule has 2 aromatic rings. The van der Waals surface area contributed by atoms with Gasteiger partial charge in [-0.3, -0.25) is 10.1 Å². The first-order valence-corrected chi connectivity index (χ1v) is 7.76. The summed E-state index contributed by atoms with van der Waals surface area (Å²) in [6, 6.07) is 5.17. The Kier molecular flexibility index (Phi) is 3.71. The number of ether oxygens (including phenoxy) is 1. The van der Waals surface area contributed by atoms with Crippen molar-refractivity contribution in [1.82, 2.24) is 10.2 Å². The van der Waals surface area contributed by atoms with E-state index >= 15 is 0 Å². The van der Waals surface area contributed by atoms with Gasteiger partial charge in [-0.25, -0.2) is 0 Å². The van der Waals surface area contributed by atoms with Crippen LogP contribution < -0.4 is 10.1 Å². The van der Waals surface area contributed by atoms with Gasteiger partial charge in [-0.15, -0.1) is 10.2 Å². The van der Waals surface area contributed by atoms with Gasteiger partial charge in [0.2, 0.25) is 5.13 Å². The van der Waals surface area contributed by atoms with Crippen molar-refractivity contribution in [3.8, 4) is 5.75 Å². The summed E-state index contributed by atoms with van der Waals surface area (Å²) in [4.78, 5) is 12.1. The second-order valence-corrected chi connectivity index (χ2v) is 6.39. The maximum absolute atomic E-state index is 12.1. The maximum Gasteiger partial charge on any atom is 0.257 e.